The summed E-state index contributed by atoms with van der Waals surface area (Å²) < 4.78 is 94.1. The van der Waals surface area contributed by atoms with Crippen LogP contribution in [0.4, 0.5) is 22.0 Å². The third-order valence-electron chi connectivity index (χ3n) is 5.50. The van der Waals surface area contributed by atoms with E-state index >= 15 is 0 Å². The molecule has 2 aromatic heterocycles. The summed E-state index contributed by atoms with van der Waals surface area (Å²) in [5, 5.41) is 0. The Morgan fingerprint density at radius 3 is 2.25 bits per heavy atom. The maximum Gasteiger partial charge on any atom is 0.343 e. The smallest absolute Gasteiger partial charge is 0.293 e. The van der Waals surface area contributed by atoms with Gasteiger partial charge in [0.15, 0.2) is 15.6 Å². The zero-order valence-corrected chi connectivity index (χ0v) is 19.4. The van der Waals surface area contributed by atoms with E-state index in [1.807, 2.05) is 0 Å². The highest BCUT2D eigenvalue weighted by atomic mass is 32.2. The Bertz CT molecular complexity index is 1160. The number of sulfone groups is 1. The minimum Gasteiger partial charge on any atom is -0.293 e. The number of pyridine rings is 1. The van der Waals surface area contributed by atoms with E-state index in [0.717, 1.165) is 6.07 Å². The van der Waals surface area contributed by atoms with E-state index in [0.29, 0.717) is 11.3 Å². The number of alkyl halides is 5. The molecular weight excluding hydrogens is 473 g/mol. The summed E-state index contributed by atoms with van der Waals surface area (Å²) in [6, 6.07) is 2.12. The molecule has 0 aromatic carbocycles. The first-order valence-corrected chi connectivity index (χ1v) is 12.3. The summed E-state index contributed by atoms with van der Waals surface area (Å²) in [5.41, 5.74) is -1.46. The van der Waals surface area contributed by atoms with Crippen molar-refractivity contribution in [1.29, 1.82) is 0 Å². The van der Waals surface area contributed by atoms with Gasteiger partial charge in [0.1, 0.15) is 5.67 Å². The van der Waals surface area contributed by atoms with Crippen LogP contribution in [-0.4, -0.2) is 30.9 Å². The van der Waals surface area contributed by atoms with E-state index in [1.165, 1.54) is 33.0 Å². The van der Waals surface area contributed by atoms with Crippen LogP contribution >= 0.6 is 11.3 Å². The predicted molar refractivity (Wildman–Crippen MR) is 110 cm³/mol. The van der Waals surface area contributed by atoms with Gasteiger partial charge in [-0.2, -0.15) is 17.6 Å². The van der Waals surface area contributed by atoms with Crippen LogP contribution < -0.4 is 0 Å². The van der Waals surface area contributed by atoms with Gasteiger partial charge in [0.2, 0.25) is 0 Å². The van der Waals surface area contributed by atoms with Crippen molar-refractivity contribution < 1.29 is 35.2 Å². The van der Waals surface area contributed by atoms with Gasteiger partial charge in [0.05, 0.1) is 26.1 Å². The van der Waals surface area contributed by atoms with Crippen LogP contribution in [0, 0.1) is 5.92 Å². The molecule has 0 bridgehead atoms. The normalized spacial score (nSPS) is 17.7. The number of fused-ring (bicyclic) bond motifs is 1. The van der Waals surface area contributed by atoms with Crippen LogP contribution in [0.5, 0.6) is 0 Å². The van der Waals surface area contributed by atoms with Crippen molar-refractivity contribution in [2.45, 2.75) is 62.9 Å². The number of carbonyl (C=O) groups is 1. The molecule has 0 spiro atoms. The Labute approximate surface area is 186 Å². The molecule has 176 valence electrons. The second-order valence-corrected chi connectivity index (χ2v) is 11.7. The maximum atomic E-state index is 14.3. The lowest BCUT2D eigenvalue weighted by atomic mass is 9.97. The molecule has 32 heavy (non-hydrogen) atoms. The predicted octanol–water partition coefficient (Wildman–Crippen LogP) is 5.49. The van der Waals surface area contributed by atoms with E-state index in [-0.39, 0.29) is 52.1 Å². The van der Waals surface area contributed by atoms with Crippen molar-refractivity contribution in [3.05, 3.63) is 44.9 Å². The molecule has 4 nitrogen and oxygen atoms in total. The summed E-state index contributed by atoms with van der Waals surface area (Å²) >= 11 is 0.331. The van der Waals surface area contributed by atoms with Gasteiger partial charge in [-0.05, 0) is 38.0 Å². The lowest BCUT2D eigenvalue weighted by molar-refractivity contribution is -0.202. The summed E-state index contributed by atoms with van der Waals surface area (Å²) in [6.07, 6.45) is 1.11. The second-order valence-electron chi connectivity index (χ2n) is 8.44. The number of ketones is 1. The van der Waals surface area contributed by atoms with Crippen molar-refractivity contribution in [2.24, 2.45) is 5.92 Å². The van der Waals surface area contributed by atoms with E-state index in [1.54, 1.807) is 0 Å². The van der Waals surface area contributed by atoms with E-state index < -0.39 is 43.9 Å². The largest absolute Gasteiger partial charge is 0.343 e. The third-order valence-corrected chi connectivity index (χ3v) is 8.55. The van der Waals surface area contributed by atoms with Crippen LogP contribution in [0.25, 0.3) is 0 Å². The summed E-state index contributed by atoms with van der Waals surface area (Å²) in [6.45, 7) is 4.07. The molecule has 0 N–H and O–H groups in total. The van der Waals surface area contributed by atoms with Crippen LogP contribution in [0.3, 0.4) is 0 Å². The molecule has 0 saturated carbocycles. The molecule has 1 unspecified atom stereocenters. The minimum absolute atomic E-state index is 0.000317. The number of hydrogen-bond acceptors (Lipinski definition) is 5. The number of halogens is 5. The van der Waals surface area contributed by atoms with Crippen molar-refractivity contribution in [2.75, 3.05) is 5.75 Å². The average molecular weight is 496 g/mol. The van der Waals surface area contributed by atoms with Gasteiger partial charge in [-0.15, -0.1) is 11.3 Å². The van der Waals surface area contributed by atoms with Gasteiger partial charge in [0, 0.05) is 31.0 Å². The van der Waals surface area contributed by atoms with Crippen LogP contribution in [0.1, 0.15) is 59.1 Å². The van der Waals surface area contributed by atoms with Crippen LogP contribution in [0.2, 0.25) is 0 Å². The number of nitrogens with zero attached hydrogens (tertiary/aromatic N) is 1. The quantitative estimate of drug-likeness (QED) is 0.477. The molecule has 1 aliphatic carbocycles. The molecule has 11 heteroatoms. The van der Waals surface area contributed by atoms with Gasteiger partial charge in [0.25, 0.3) is 0 Å². The Kier molecular flexibility index (Phi) is 6.08. The van der Waals surface area contributed by atoms with Gasteiger partial charge in [-0.1, -0.05) is 6.92 Å². The van der Waals surface area contributed by atoms with Crippen molar-refractivity contribution in [1.82, 2.24) is 4.98 Å². The third kappa shape index (κ3) is 4.33. The van der Waals surface area contributed by atoms with E-state index in [9.17, 15) is 35.2 Å². The Balaban J connectivity index is 1.93. The molecule has 0 fully saturated rings. The van der Waals surface area contributed by atoms with Crippen LogP contribution in [0.15, 0.2) is 23.2 Å². The molecule has 1 atom stereocenters. The van der Waals surface area contributed by atoms with Crippen LogP contribution in [-0.2, 0) is 34.3 Å². The first kappa shape index (κ1) is 24.8. The number of aromatic nitrogens is 1. The van der Waals surface area contributed by atoms with Gasteiger partial charge in [-0.25, -0.2) is 12.8 Å². The highest BCUT2D eigenvalue weighted by Gasteiger charge is 2.55. The summed E-state index contributed by atoms with van der Waals surface area (Å²) in [4.78, 5) is 15.8. The minimum atomic E-state index is -4.41. The van der Waals surface area contributed by atoms with Crippen molar-refractivity contribution in [3.63, 3.8) is 0 Å². The molecule has 0 radical (unpaired) electrons. The highest BCUT2D eigenvalue weighted by Crippen LogP contribution is 2.48. The lowest BCUT2D eigenvalue weighted by Crippen LogP contribution is -2.34. The topological polar surface area (TPSA) is 64.1 Å². The SMILES string of the molecule is CCS(=O)(=O)c1cc(C(C)(C)F)cnc1CC1Cc2cc(C(F)(F)C(C)(F)F)sc2C1=O. The molecule has 0 saturated heterocycles. The first-order chi connectivity index (χ1) is 14.5. The molecule has 0 aliphatic heterocycles. The summed E-state index contributed by atoms with van der Waals surface area (Å²) in [7, 11) is -3.79. The lowest BCUT2D eigenvalue weighted by Gasteiger charge is -2.21. The fourth-order valence-corrected chi connectivity index (χ4v) is 5.86. The Morgan fingerprint density at radius 1 is 1.12 bits per heavy atom. The average Bonchev–Trinajstić information content (AvgIpc) is 3.20. The number of hydrogen-bond donors (Lipinski definition) is 0. The highest BCUT2D eigenvalue weighted by molar-refractivity contribution is 7.91. The first-order valence-electron chi connectivity index (χ1n) is 9.83. The fourth-order valence-electron chi connectivity index (χ4n) is 3.48. The molecular formula is C21H22F5NO3S2. The summed E-state index contributed by atoms with van der Waals surface area (Å²) in [5.74, 6) is -10.2. The Hall–Kier alpha value is -1.88. The van der Waals surface area contributed by atoms with Crippen molar-refractivity contribution in [3.8, 4) is 0 Å². The molecule has 1 aliphatic rings. The zero-order valence-electron chi connectivity index (χ0n) is 17.8. The van der Waals surface area contributed by atoms with Gasteiger partial charge in [-0.3, -0.25) is 9.78 Å². The van der Waals surface area contributed by atoms with E-state index in [2.05, 4.69) is 4.98 Å². The molecule has 0 amide bonds. The van der Waals surface area contributed by atoms with Gasteiger partial charge < -0.3 is 0 Å². The monoisotopic (exact) mass is 495 g/mol. The standard InChI is InChI=1S/C21H22F5NO3S2/c1-5-32(29,30)15-9-13(19(2,3)22)10-27-14(15)7-11-6-12-8-16(31-18(12)17(11)28)21(25,26)20(4,23)24/h8-11H,5-7H2,1-4H3. The van der Waals surface area contributed by atoms with Gasteiger partial charge >= 0.3 is 11.8 Å². The number of carbonyl (C=O) groups excluding carboxylic acids is 1. The number of rotatable bonds is 7. The van der Waals surface area contributed by atoms with Crippen molar-refractivity contribution >= 4 is 27.0 Å². The maximum absolute atomic E-state index is 14.3. The second kappa shape index (κ2) is 7.86. The number of Topliss-reactive ketones (excluding diaryl/α,β-unsaturated/α-hetero) is 1. The molecule has 2 heterocycles. The molecule has 3 rings (SSSR count). The fraction of sp³-hybridized carbons (Fsp3) is 0.524. The van der Waals surface area contributed by atoms with E-state index in [4.69, 9.17) is 0 Å². The Morgan fingerprint density at radius 2 is 1.75 bits per heavy atom. The molecule has 2 aromatic rings. The zero-order chi connectivity index (χ0) is 24.3. The number of thiophene rings is 1.